The summed E-state index contributed by atoms with van der Waals surface area (Å²) < 4.78 is 43.5. The standard InChI is InChI=1S/C16H16F3N3O3/c1-9-7-11(3-4-13(9)25-6-5-23)21-14(24)12-8-10(2)20-15(22-12)16(17,18)19/h3-4,7-8,23H,5-6H2,1-2H3,(H,21,24). The summed E-state index contributed by atoms with van der Waals surface area (Å²) in [6.45, 7) is 3.09. The molecule has 0 aliphatic rings. The van der Waals surface area contributed by atoms with Gasteiger partial charge < -0.3 is 15.2 Å². The lowest BCUT2D eigenvalue weighted by atomic mass is 10.2. The number of benzene rings is 1. The number of hydrogen-bond donors (Lipinski definition) is 2. The molecule has 0 saturated heterocycles. The largest absolute Gasteiger partial charge is 0.491 e. The first kappa shape index (κ1) is 18.7. The van der Waals surface area contributed by atoms with Crippen LogP contribution in [0.2, 0.25) is 0 Å². The van der Waals surface area contributed by atoms with E-state index in [-0.39, 0.29) is 24.6 Å². The van der Waals surface area contributed by atoms with Gasteiger partial charge in [-0.2, -0.15) is 13.2 Å². The fourth-order valence-electron chi connectivity index (χ4n) is 2.05. The topological polar surface area (TPSA) is 84.3 Å². The zero-order chi connectivity index (χ0) is 18.6. The van der Waals surface area contributed by atoms with Gasteiger partial charge in [0.15, 0.2) is 0 Å². The number of rotatable bonds is 5. The Hall–Kier alpha value is -2.68. The third-order valence-corrected chi connectivity index (χ3v) is 3.12. The fraction of sp³-hybridized carbons (Fsp3) is 0.312. The van der Waals surface area contributed by atoms with Crippen LogP contribution in [0, 0.1) is 13.8 Å². The highest BCUT2D eigenvalue weighted by Gasteiger charge is 2.35. The molecule has 2 aromatic rings. The van der Waals surface area contributed by atoms with Gasteiger partial charge in [-0.05, 0) is 43.7 Å². The van der Waals surface area contributed by atoms with E-state index in [1.807, 2.05) is 0 Å². The number of ether oxygens (including phenoxy) is 1. The summed E-state index contributed by atoms with van der Waals surface area (Å²) in [4.78, 5) is 18.8. The molecule has 0 saturated carbocycles. The minimum atomic E-state index is -4.73. The maximum absolute atomic E-state index is 12.7. The predicted octanol–water partition coefficient (Wildman–Crippen LogP) is 2.74. The summed E-state index contributed by atoms with van der Waals surface area (Å²) >= 11 is 0. The van der Waals surface area contributed by atoms with E-state index in [4.69, 9.17) is 9.84 Å². The molecule has 0 aliphatic heterocycles. The van der Waals surface area contributed by atoms with Crippen molar-refractivity contribution in [3.63, 3.8) is 0 Å². The number of nitrogens with one attached hydrogen (secondary N) is 1. The zero-order valence-electron chi connectivity index (χ0n) is 13.5. The highest BCUT2D eigenvalue weighted by Crippen LogP contribution is 2.27. The number of carbonyl (C=O) groups excluding carboxylic acids is 1. The highest BCUT2D eigenvalue weighted by molar-refractivity contribution is 6.03. The average Bonchev–Trinajstić information content (AvgIpc) is 2.52. The van der Waals surface area contributed by atoms with Crippen molar-refractivity contribution in [3.8, 4) is 5.75 Å². The summed E-state index contributed by atoms with van der Waals surface area (Å²) in [5.41, 5.74) is 0.735. The molecule has 6 nitrogen and oxygen atoms in total. The van der Waals surface area contributed by atoms with E-state index in [1.165, 1.54) is 19.1 Å². The molecule has 1 amide bonds. The monoisotopic (exact) mass is 355 g/mol. The number of halogens is 3. The molecule has 2 rings (SSSR count). The first-order valence-electron chi connectivity index (χ1n) is 7.29. The van der Waals surface area contributed by atoms with Gasteiger partial charge in [-0.15, -0.1) is 0 Å². The summed E-state index contributed by atoms with van der Waals surface area (Å²) in [6, 6.07) is 5.91. The van der Waals surface area contributed by atoms with Gasteiger partial charge in [-0.3, -0.25) is 4.79 Å². The van der Waals surface area contributed by atoms with E-state index in [9.17, 15) is 18.0 Å². The lowest BCUT2D eigenvalue weighted by Crippen LogP contribution is -2.19. The molecule has 0 fully saturated rings. The van der Waals surface area contributed by atoms with Gasteiger partial charge in [-0.25, -0.2) is 9.97 Å². The van der Waals surface area contributed by atoms with Crippen molar-refractivity contribution in [1.82, 2.24) is 9.97 Å². The van der Waals surface area contributed by atoms with Gasteiger partial charge in [0.05, 0.1) is 6.61 Å². The number of hydrogen-bond acceptors (Lipinski definition) is 5. The Morgan fingerprint density at radius 3 is 2.56 bits per heavy atom. The molecule has 0 bridgehead atoms. The fourth-order valence-corrected chi connectivity index (χ4v) is 2.05. The van der Waals surface area contributed by atoms with Crippen molar-refractivity contribution in [2.45, 2.75) is 20.0 Å². The normalized spacial score (nSPS) is 11.3. The average molecular weight is 355 g/mol. The van der Waals surface area contributed by atoms with Crippen LogP contribution in [0.3, 0.4) is 0 Å². The molecule has 1 aromatic carbocycles. The second-order valence-corrected chi connectivity index (χ2v) is 5.22. The number of aryl methyl sites for hydroxylation is 2. The number of carbonyl (C=O) groups is 1. The van der Waals surface area contributed by atoms with Gasteiger partial charge in [0.2, 0.25) is 5.82 Å². The quantitative estimate of drug-likeness (QED) is 0.862. The van der Waals surface area contributed by atoms with E-state index in [0.717, 1.165) is 0 Å². The predicted molar refractivity (Wildman–Crippen MR) is 83.5 cm³/mol. The third-order valence-electron chi connectivity index (χ3n) is 3.12. The second-order valence-electron chi connectivity index (χ2n) is 5.22. The van der Waals surface area contributed by atoms with Crippen molar-refractivity contribution in [2.24, 2.45) is 0 Å². The molecule has 0 aliphatic carbocycles. The summed E-state index contributed by atoms with van der Waals surface area (Å²) in [7, 11) is 0. The maximum atomic E-state index is 12.7. The Morgan fingerprint density at radius 1 is 1.24 bits per heavy atom. The van der Waals surface area contributed by atoms with Crippen LogP contribution in [0.25, 0.3) is 0 Å². The Morgan fingerprint density at radius 2 is 1.96 bits per heavy atom. The molecule has 0 unspecified atom stereocenters. The van der Waals surface area contributed by atoms with E-state index < -0.39 is 17.9 Å². The van der Waals surface area contributed by atoms with E-state index in [2.05, 4.69) is 15.3 Å². The SMILES string of the molecule is Cc1cc(C(=O)Nc2ccc(OCCO)c(C)c2)nc(C(F)(F)F)n1. The first-order valence-corrected chi connectivity index (χ1v) is 7.29. The van der Waals surface area contributed by atoms with Crippen LogP contribution < -0.4 is 10.1 Å². The van der Waals surface area contributed by atoms with Crippen LogP contribution in [0.5, 0.6) is 5.75 Å². The number of alkyl halides is 3. The number of anilines is 1. The summed E-state index contributed by atoms with van der Waals surface area (Å²) in [5.74, 6) is -1.61. The number of aliphatic hydroxyl groups excluding tert-OH is 1. The number of aliphatic hydroxyl groups is 1. The Kier molecular flexibility index (Phi) is 5.58. The Balaban J connectivity index is 2.20. The van der Waals surface area contributed by atoms with Crippen LogP contribution in [0.15, 0.2) is 24.3 Å². The molecule has 9 heteroatoms. The number of nitrogens with zero attached hydrogens (tertiary/aromatic N) is 2. The van der Waals surface area contributed by atoms with Crippen LogP contribution in [-0.4, -0.2) is 34.2 Å². The molecule has 0 spiro atoms. The third kappa shape index (κ3) is 4.90. The van der Waals surface area contributed by atoms with Crippen LogP contribution >= 0.6 is 0 Å². The van der Waals surface area contributed by atoms with Gasteiger partial charge in [-0.1, -0.05) is 0 Å². The highest BCUT2D eigenvalue weighted by atomic mass is 19.4. The Labute approximate surface area is 141 Å². The molecule has 2 N–H and O–H groups in total. The molecular weight excluding hydrogens is 339 g/mol. The molecule has 25 heavy (non-hydrogen) atoms. The maximum Gasteiger partial charge on any atom is 0.451 e. The first-order chi connectivity index (χ1) is 11.7. The minimum Gasteiger partial charge on any atom is -0.491 e. The van der Waals surface area contributed by atoms with Crippen molar-refractivity contribution in [1.29, 1.82) is 0 Å². The van der Waals surface area contributed by atoms with Crippen LogP contribution in [0.1, 0.15) is 27.6 Å². The molecule has 0 radical (unpaired) electrons. The van der Waals surface area contributed by atoms with Crippen molar-refractivity contribution in [3.05, 3.63) is 47.0 Å². The van der Waals surface area contributed by atoms with E-state index in [0.29, 0.717) is 17.0 Å². The number of amides is 1. The van der Waals surface area contributed by atoms with Gasteiger partial charge in [0.25, 0.3) is 5.91 Å². The minimum absolute atomic E-state index is 0.0383. The van der Waals surface area contributed by atoms with Crippen molar-refractivity contribution < 1.29 is 27.8 Å². The lowest BCUT2D eigenvalue weighted by molar-refractivity contribution is -0.145. The zero-order valence-corrected chi connectivity index (χ0v) is 13.5. The Bertz CT molecular complexity index is 779. The molecule has 134 valence electrons. The van der Waals surface area contributed by atoms with Gasteiger partial charge in [0.1, 0.15) is 18.1 Å². The molecule has 0 atom stereocenters. The van der Waals surface area contributed by atoms with Crippen molar-refractivity contribution in [2.75, 3.05) is 18.5 Å². The number of aromatic nitrogens is 2. The van der Waals surface area contributed by atoms with Crippen molar-refractivity contribution >= 4 is 11.6 Å². The van der Waals surface area contributed by atoms with E-state index >= 15 is 0 Å². The van der Waals surface area contributed by atoms with Crippen LogP contribution in [0.4, 0.5) is 18.9 Å². The molecule has 1 heterocycles. The molecular formula is C16H16F3N3O3. The molecule has 1 aromatic heterocycles. The second kappa shape index (κ2) is 7.47. The summed E-state index contributed by atoms with van der Waals surface area (Å²) in [6.07, 6.45) is -4.73. The van der Waals surface area contributed by atoms with Gasteiger partial charge in [0, 0.05) is 11.4 Å². The van der Waals surface area contributed by atoms with Gasteiger partial charge >= 0.3 is 6.18 Å². The lowest BCUT2D eigenvalue weighted by Gasteiger charge is -2.11. The van der Waals surface area contributed by atoms with Crippen LogP contribution in [-0.2, 0) is 6.18 Å². The van der Waals surface area contributed by atoms with E-state index in [1.54, 1.807) is 19.1 Å². The smallest absolute Gasteiger partial charge is 0.451 e. The summed E-state index contributed by atoms with van der Waals surface area (Å²) in [5, 5.41) is 11.2.